The monoisotopic (exact) mass is 271 g/mol. The Bertz CT molecular complexity index is 597. The summed E-state index contributed by atoms with van der Waals surface area (Å²) in [5.74, 6) is 0.372. The van der Waals surface area contributed by atoms with Crippen LogP contribution in [0.4, 0.5) is 0 Å². The molecule has 2 unspecified atom stereocenters. The van der Waals surface area contributed by atoms with E-state index in [1.807, 2.05) is 18.2 Å². The van der Waals surface area contributed by atoms with E-state index in [9.17, 15) is 5.11 Å². The normalized spacial score (nSPS) is 23.1. The number of rotatable bonds is 3. The largest absolute Gasteiger partial charge is 0.508 e. The molecule has 0 aliphatic carbocycles. The second kappa shape index (κ2) is 5.81. The number of aromatic hydroxyl groups is 1. The molecule has 3 nitrogen and oxygen atoms in total. The lowest BCUT2D eigenvalue weighted by Crippen LogP contribution is -2.37. The second-order valence-electron chi connectivity index (χ2n) is 5.57. The molecule has 0 radical (unpaired) electrons. The Morgan fingerprint density at radius 2 is 2.10 bits per heavy atom. The molecule has 1 aliphatic heterocycles. The predicted octanol–water partition coefficient (Wildman–Crippen LogP) is 3.20. The molecule has 1 fully saturated rings. The summed E-state index contributed by atoms with van der Waals surface area (Å²) in [6.45, 7) is 3.63. The van der Waals surface area contributed by atoms with Crippen molar-refractivity contribution in [3.8, 4) is 5.75 Å². The molecule has 2 atom stereocenters. The van der Waals surface area contributed by atoms with E-state index in [1.165, 1.54) is 5.39 Å². The van der Waals surface area contributed by atoms with Gasteiger partial charge >= 0.3 is 0 Å². The van der Waals surface area contributed by atoms with Crippen molar-refractivity contribution in [2.75, 3.05) is 6.61 Å². The molecule has 0 amide bonds. The molecule has 0 bridgehead atoms. The zero-order chi connectivity index (χ0) is 13.9. The first-order valence-electron chi connectivity index (χ1n) is 7.28. The zero-order valence-corrected chi connectivity index (χ0v) is 11.8. The standard InChI is InChI=1S/C17H21NO2/c1-12-10-14(8-9-20-12)18-11-16-15-5-3-2-4-13(15)6-7-17(16)19/h2-7,12,14,18-19H,8-11H2,1H3. The fourth-order valence-corrected chi connectivity index (χ4v) is 2.94. The van der Waals surface area contributed by atoms with Gasteiger partial charge in [-0.15, -0.1) is 0 Å². The SMILES string of the molecule is CC1CC(NCc2c(O)ccc3ccccc23)CCO1. The van der Waals surface area contributed by atoms with Gasteiger partial charge in [-0.2, -0.15) is 0 Å². The van der Waals surface area contributed by atoms with Gasteiger partial charge in [-0.25, -0.2) is 0 Å². The molecule has 2 aromatic rings. The second-order valence-corrected chi connectivity index (χ2v) is 5.57. The van der Waals surface area contributed by atoms with E-state index in [0.29, 0.717) is 24.4 Å². The van der Waals surface area contributed by atoms with Crippen LogP contribution < -0.4 is 5.32 Å². The predicted molar refractivity (Wildman–Crippen MR) is 80.9 cm³/mol. The third kappa shape index (κ3) is 2.79. The molecule has 1 heterocycles. The van der Waals surface area contributed by atoms with Crippen molar-refractivity contribution in [1.82, 2.24) is 5.32 Å². The third-order valence-corrected chi connectivity index (χ3v) is 4.07. The lowest BCUT2D eigenvalue weighted by Gasteiger charge is -2.28. The van der Waals surface area contributed by atoms with Crippen LogP contribution in [0.15, 0.2) is 36.4 Å². The van der Waals surface area contributed by atoms with Crippen molar-refractivity contribution in [1.29, 1.82) is 0 Å². The highest BCUT2D eigenvalue weighted by molar-refractivity contribution is 5.87. The maximum Gasteiger partial charge on any atom is 0.120 e. The Kier molecular flexibility index (Phi) is 3.90. The number of nitrogens with one attached hydrogen (secondary N) is 1. The van der Waals surface area contributed by atoms with Gasteiger partial charge in [0, 0.05) is 24.8 Å². The first kappa shape index (κ1) is 13.4. The van der Waals surface area contributed by atoms with E-state index < -0.39 is 0 Å². The van der Waals surface area contributed by atoms with Crippen LogP contribution in [0.2, 0.25) is 0 Å². The van der Waals surface area contributed by atoms with Crippen LogP contribution in [-0.4, -0.2) is 23.9 Å². The van der Waals surface area contributed by atoms with Crippen molar-refractivity contribution in [3.05, 3.63) is 42.0 Å². The van der Waals surface area contributed by atoms with Gasteiger partial charge < -0.3 is 15.2 Å². The van der Waals surface area contributed by atoms with Gasteiger partial charge in [-0.3, -0.25) is 0 Å². The maximum atomic E-state index is 10.1. The molecule has 0 saturated carbocycles. The Morgan fingerprint density at radius 3 is 2.95 bits per heavy atom. The maximum absolute atomic E-state index is 10.1. The Morgan fingerprint density at radius 1 is 1.25 bits per heavy atom. The van der Waals surface area contributed by atoms with Crippen LogP contribution in [0.5, 0.6) is 5.75 Å². The first-order valence-corrected chi connectivity index (χ1v) is 7.28. The average Bonchev–Trinajstić information content (AvgIpc) is 2.46. The molecule has 3 rings (SSSR count). The average molecular weight is 271 g/mol. The highest BCUT2D eigenvalue weighted by Gasteiger charge is 2.19. The third-order valence-electron chi connectivity index (χ3n) is 4.07. The highest BCUT2D eigenvalue weighted by Crippen LogP contribution is 2.27. The molecule has 1 aliphatic rings. The zero-order valence-electron chi connectivity index (χ0n) is 11.8. The summed E-state index contributed by atoms with van der Waals surface area (Å²) in [6, 6.07) is 12.4. The summed E-state index contributed by atoms with van der Waals surface area (Å²) in [7, 11) is 0. The van der Waals surface area contributed by atoms with E-state index in [4.69, 9.17) is 4.74 Å². The van der Waals surface area contributed by atoms with E-state index in [1.54, 1.807) is 6.07 Å². The smallest absolute Gasteiger partial charge is 0.120 e. The van der Waals surface area contributed by atoms with Gasteiger partial charge in [0.05, 0.1) is 6.10 Å². The molecule has 0 aromatic heterocycles. The van der Waals surface area contributed by atoms with Crippen LogP contribution in [0.1, 0.15) is 25.3 Å². The number of fused-ring (bicyclic) bond motifs is 1. The molecule has 2 N–H and O–H groups in total. The van der Waals surface area contributed by atoms with Gasteiger partial charge in [0.1, 0.15) is 5.75 Å². The minimum absolute atomic E-state index is 0.322. The van der Waals surface area contributed by atoms with Gasteiger partial charge in [0.25, 0.3) is 0 Å². The molecule has 0 spiro atoms. The highest BCUT2D eigenvalue weighted by atomic mass is 16.5. The summed E-state index contributed by atoms with van der Waals surface area (Å²) < 4.78 is 5.56. The summed E-state index contributed by atoms with van der Waals surface area (Å²) in [4.78, 5) is 0. The number of benzene rings is 2. The fraction of sp³-hybridized carbons (Fsp3) is 0.412. The van der Waals surface area contributed by atoms with Crippen molar-refractivity contribution >= 4 is 10.8 Å². The van der Waals surface area contributed by atoms with Crippen molar-refractivity contribution in [2.45, 2.75) is 38.5 Å². The van der Waals surface area contributed by atoms with Gasteiger partial charge in [0.15, 0.2) is 0 Å². The molecule has 2 aromatic carbocycles. The van der Waals surface area contributed by atoms with Crippen molar-refractivity contribution in [2.24, 2.45) is 0 Å². The minimum Gasteiger partial charge on any atom is -0.508 e. The molecule has 106 valence electrons. The Balaban J connectivity index is 1.78. The van der Waals surface area contributed by atoms with Gasteiger partial charge in [-0.05, 0) is 36.6 Å². The topological polar surface area (TPSA) is 41.5 Å². The van der Waals surface area contributed by atoms with Crippen LogP contribution in [0.3, 0.4) is 0 Å². The number of hydrogen-bond acceptors (Lipinski definition) is 3. The lowest BCUT2D eigenvalue weighted by atomic mass is 10.0. The van der Waals surface area contributed by atoms with Gasteiger partial charge in [0.2, 0.25) is 0 Å². The molecule has 3 heteroatoms. The molecule has 20 heavy (non-hydrogen) atoms. The minimum atomic E-state index is 0.322. The van der Waals surface area contributed by atoms with E-state index in [0.717, 1.165) is 30.4 Å². The Labute approximate surface area is 119 Å². The van der Waals surface area contributed by atoms with Crippen LogP contribution in [0.25, 0.3) is 10.8 Å². The first-order chi connectivity index (χ1) is 9.74. The quantitative estimate of drug-likeness (QED) is 0.900. The summed E-state index contributed by atoms with van der Waals surface area (Å²) in [5, 5.41) is 16.0. The van der Waals surface area contributed by atoms with Gasteiger partial charge in [-0.1, -0.05) is 30.3 Å². The number of phenolic OH excluding ortho intramolecular Hbond substituents is 1. The van der Waals surface area contributed by atoms with Crippen molar-refractivity contribution < 1.29 is 9.84 Å². The van der Waals surface area contributed by atoms with E-state index in [2.05, 4.69) is 24.4 Å². The van der Waals surface area contributed by atoms with Crippen molar-refractivity contribution in [3.63, 3.8) is 0 Å². The molecule has 1 saturated heterocycles. The van der Waals surface area contributed by atoms with Crippen LogP contribution in [-0.2, 0) is 11.3 Å². The van der Waals surface area contributed by atoms with E-state index >= 15 is 0 Å². The number of phenols is 1. The van der Waals surface area contributed by atoms with Crippen LogP contribution in [0, 0.1) is 0 Å². The fourth-order valence-electron chi connectivity index (χ4n) is 2.94. The molecular formula is C17H21NO2. The Hall–Kier alpha value is -1.58. The molecular weight excluding hydrogens is 250 g/mol. The number of hydrogen-bond donors (Lipinski definition) is 2. The summed E-state index contributed by atoms with van der Waals surface area (Å²) in [5.41, 5.74) is 0.988. The summed E-state index contributed by atoms with van der Waals surface area (Å²) in [6.07, 6.45) is 2.39. The van der Waals surface area contributed by atoms with Crippen LogP contribution >= 0.6 is 0 Å². The number of ether oxygens (including phenoxy) is 1. The van der Waals surface area contributed by atoms with E-state index in [-0.39, 0.29) is 0 Å². The summed E-state index contributed by atoms with van der Waals surface area (Å²) >= 11 is 0. The lowest BCUT2D eigenvalue weighted by molar-refractivity contribution is 0.0130.